The van der Waals surface area contributed by atoms with Crippen molar-refractivity contribution < 1.29 is 18.7 Å². The van der Waals surface area contributed by atoms with Crippen LogP contribution in [0.25, 0.3) is 0 Å². The number of ether oxygens (including phenoxy) is 2. The van der Waals surface area contributed by atoms with Gasteiger partial charge in [-0.1, -0.05) is 12.1 Å². The Kier molecular flexibility index (Phi) is 5.32. The summed E-state index contributed by atoms with van der Waals surface area (Å²) in [6, 6.07) is 7.85. The SMILES string of the molecule is CC1CN(C(=O)Nc2ccnn2Cc2ccc(F)cc2)CC2(CCOCC2)O1. The number of carbonyl (C=O) groups excluding carboxylic acids is 1. The highest BCUT2D eigenvalue weighted by Gasteiger charge is 2.42. The highest BCUT2D eigenvalue weighted by Crippen LogP contribution is 2.31. The van der Waals surface area contributed by atoms with Gasteiger partial charge in [0.25, 0.3) is 0 Å². The molecule has 7 nitrogen and oxygen atoms in total. The van der Waals surface area contributed by atoms with Gasteiger partial charge in [0.15, 0.2) is 0 Å². The van der Waals surface area contributed by atoms with Gasteiger partial charge >= 0.3 is 6.03 Å². The second-order valence-electron chi connectivity index (χ2n) is 7.54. The minimum atomic E-state index is -0.318. The van der Waals surface area contributed by atoms with Crippen molar-refractivity contribution in [1.82, 2.24) is 14.7 Å². The third kappa shape index (κ3) is 4.18. The van der Waals surface area contributed by atoms with Gasteiger partial charge in [-0.3, -0.25) is 5.32 Å². The minimum absolute atomic E-state index is 0.0262. The lowest BCUT2D eigenvalue weighted by atomic mass is 9.91. The molecular weight excluding hydrogens is 363 g/mol. The maximum Gasteiger partial charge on any atom is 0.323 e. The van der Waals surface area contributed by atoms with E-state index in [-0.39, 0.29) is 23.6 Å². The predicted octanol–water partition coefficient (Wildman–Crippen LogP) is 2.87. The summed E-state index contributed by atoms with van der Waals surface area (Å²) >= 11 is 0. The van der Waals surface area contributed by atoms with Gasteiger partial charge in [-0.25, -0.2) is 13.9 Å². The van der Waals surface area contributed by atoms with E-state index in [0.717, 1.165) is 18.4 Å². The monoisotopic (exact) mass is 388 g/mol. The molecule has 1 atom stereocenters. The number of anilines is 1. The van der Waals surface area contributed by atoms with Crippen molar-refractivity contribution >= 4 is 11.8 Å². The highest BCUT2D eigenvalue weighted by atomic mass is 19.1. The molecule has 1 aromatic carbocycles. The van der Waals surface area contributed by atoms with E-state index < -0.39 is 0 Å². The number of aromatic nitrogens is 2. The molecule has 2 aromatic rings. The Morgan fingerprint density at radius 2 is 2.04 bits per heavy atom. The van der Waals surface area contributed by atoms with Gasteiger partial charge in [-0.2, -0.15) is 5.10 Å². The number of hydrogen-bond acceptors (Lipinski definition) is 4. The van der Waals surface area contributed by atoms with Gasteiger partial charge < -0.3 is 14.4 Å². The molecule has 150 valence electrons. The molecule has 2 aliphatic rings. The molecular formula is C20H25FN4O3. The minimum Gasteiger partial charge on any atom is -0.381 e. The first-order valence-electron chi connectivity index (χ1n) is 9.61. The first kappa shape index (κ1) is 18.9. The van der Waals surface area contributed by atoms with Crippen LogP contribution in [0.15, 0.2) is 36.5 Å². The van der Waals surface area contributed by atoms with Gasteiger partial charge in [0.1, 0.15) is 11.6 Å². The summed E-state index contributed by atoms with van der Waals surface area (Å²) in [5.74, 6) is 0.329. The standard InChI is InChI=1S/C20H25FN4O3/c1-15-12-24(14-20(28-15)7-10-27-11-8-20)19(26)23-18-6-9-22-25(18)13-16-2-4-17(21)5-3-16/h2-6,9,15H,7-8,10-14H2,1H3,(H,23,26). The zero-order chi connectivity index (χ0) is 19.6. The molecule has 0 aliphatic carbocycles. The Labute approximate surface area is 163 Å². The molecule has 2 fully saturated rings. The van der Waals surface area contributed by atoms with E-state index in [9.17, 15) is 9.18 Å². The fourth-order valence-corrected chi connectivity index (χ4v) is 3.91. The number of hydrogen-bond donors (Lipinski definition) is 1. The lowest BCUT2D eigenvalue weighted by molar-refractivity contribution is -0.174. The van der Waals surface area contributed by atoms with E-state index in [1.807, 2.05) is 11.8 Å². The van der Waals surface area contributed by atoms with Crippen molar-refractivity contribution in [2.75, 3.05) is 31.6 Å². The van der Waals surface area contributed by atoms with Crippen molar-refractivity contribution in [2.24, 2.45) is 0 Å². The van der Waals surface area contributed by atoms with E-state index in [1.54, 1.807) is 29.1 Å². The van der Waals surface area contributed by atoms with Crippen molar-refractivity contribution in [1.29, 1.82) is 0 Å². The molecule has 0 radical (unpaired) electrons. The topological polar surface area (TPSA) is 68.6 Å². The zero-order valence-corrected chi connectivity index (χ0v) is 15.9. The van der Waals surface area contributed by atoms with Gasteiger partial charge in [0, 0.05) is 38.7 Å². The van der Waals surface area contributed by atoms with Crippen LogP contribution in [0.4, 0.5) is 15.0 Å². The summed E-state index contributed by atoms with van der Waals surface area (Å²) in [5, 5.41) is 7.24. The molecule has 1 spiro atoms. The van der Waals surface area contributed by atoms with E-state index in [4.69, 9.17) is 9.47 Å². The van der Waals surface area contributed by atoms with E-state index in [0.29, 0.717) is 38.7 Å². The molecule has 0 saturated carbocycles. The molecule has 2 saturated heterocycles. The number of carbonyl (C=O) groups is 1. The Hall–Kier alpha value is -2.45. The fraction of sp³-hybridized carbons (Fsp3) is 0.500. The first-order chi connectivity index (χ1) is 13.5. The van der Waals surface area contributed by atoms with Crippen LogP contribution in [-0.2, 0) is 16.0 Å². The molecule has 4 rings (SSSR count). The Bertz CT molecular complexity index is 817. The normalized spacial score (nSPS) is 21.6. The van der Waals surface area contributed by atoms with Crippen LogP contribution in [0.2, 0.25) is 0 Å². The van der Waals surface area contributed by atoms with E-state index in [1.165, 1.54) is 12.1 Å². The van der Waals surface area contributed by atoms with Crippen LogP contribution < -0.4 is 5.32 Å². The first-order valence-corrected chi connectivity index (χ1v) is 9.61. The van der Waals surface area contributed by atoms with Crippen molar-refractivity contribution in [3.8, 4) is 0 Å². The summed E-state index contributed by atoms with van der Waals surface area (Å²) in [6.07, 6.45) is 3.20. The second-order valence-corrected chi connectivity index (χ2v) is 7.54. The summed E-state index contributed by atoms with van der Waals surface area (Å²) < 4.78 is 26.4. The third-order valence-electron chi connectivity index (χ3n) is 5.30. The molecule has 1 unspecified atom stereocenters. The van der Waals surface area contributed by atoms with Crippen LogP contribution in [0, 0.1) is 5.82 Å². The number of urea groups is 1. The third-order valence-corrected chi connectivity index (χ3v) is 5.30. The van der Waals surface area contributed by atoms with Crippen LogP contribution >= 0.6 is 0 Å². The average molecular weight is 388 g/mol. The summed E-state index contributed by atoms with van der Waals surface area (Å²) in [5.41, 5.74) is 0.587. The van der Waals surface area contributed by atoms with Crippen LogP contribution in [-0.4, -0.2) is 58.7 Å². The van der Waals surface area contributed by atoms with Crippen LogP contribution in [0.1, 0.15) is 25.3 Å². The number of nitrogens with zero attached hydrogens (tertiary/aromatic N) is 3. The van der Waals surface area contributed by atoms with Gasteiger partial charge in [0.05, 0.1) is 31.0 Å². The van der Waals surface area contributed by atoms with Gasteiger partial charge in [0.2, 0.25) is 0 Å². The smallest absolute Gasteiger partial charge is 0.323 e. The molecule has 2 amide bonds. The van der Waals surface area contributed by atoms with Crippen LogP contribution in [0.3, 0.4) is 0 Å². The number of nitrogens with one attached hydrogen (secondary N) is 1. The summed E-state index contributed by atoms with van der Waals surface area (Å²) in [6.45, 7) is 4.86. The lowest BCUT2D eigenvalue weighted by Gasteiger charge is -2.47. The summed E-state index contributed by atoms with van der Waals surface area (Å²) in [4.78, 5) is 14.7. The van der Waals surface area contributed by atoms with Crippen molar-refractivity contribution in [2.45, 2.75) is 38.0 Å². The Morgan fingerprint density at radius 1 is 1.29 bits per heavy atom. The molecule has 0 bridgehead atoms. The number of halogens is 1. The number of morpholine rings is 1. The summed E-state index contributed by atoms with van der Waals surface area (Å²) in [7, 11) is 0. The number of benzene rings is 1. The number of rotatable bonds is 3. The van der Waals surface area contributed by atoms with E-state index >= 15 is 0 Å². The van der Waals surface area contributed by atoms with Crippen molar-refractivity contribution in [3.05, 3.63) is 47.9 Å². The fourth-order valence-electron chi connectivity index (χ4n) is 3.91. The van der Waals surface area contributed by atoms with Gasteiger partial charge in [-0.15, -0.1) is 0 Å². The Balaban J connectivity index is 1.43. The average Bonchev–Trinajstić information content (AvgIpc) is 3.10. The quantitative estimate of drug-likeness (QED) is 0.878. The molecule has 3 heterocycles. The predicted molar refractivity (Wildman–Crippen MR) is 102 cm³/mol. The lowest BCUT2D eigenvalue weighted by Crippen LogP contribution is -2.59. The second kappa shape index (κ2) is 7.89. The molecule has 28 heavy (non-hydrogen) atoms. The zero-order valence-electron chi connectivity index (χ0n) is 15.9. The molecule has 1 N–H and O–H groups in total. The highest BCUT2D eigenvalue weighted by molar-refractivity contribution is 5.88. The largest absolute Gasteiger partial charge is 0.381 e. The maximum atomic E-state index is 13.1. The number of amides is 2. The van der Waals surface area contributed by atoms with Gasteiger partial charge in [-0.05, 0) is 24.6 Å². The van der Waals surface area contributed by atoms with Crippen LogP contribution in [0.5, 0.6) is 0 Å². The molecule has 1 aromatic heterocycles. The van der Waals surface area contributed by atoms with Crippen molar-refractivity contribution in [3.63, 3.8) is 0 Å². The van der Waals surface area contributed by atoms with E-state index in [2.05, 4.69) is 10.4 Å². The maximum absolute atomic E-state index is 13.1. The Morgan fingerprint density at radius 3 is 2.79 bits per heavy atom. The molecule has 2 aliphatic heterocycles. The molecule has 8 heteroatoms.